The molecule has 1 heterocycles. The minimum atomic E-state index is 0.921. The molecule has 4 heteroatoms. The molecule has 1 saturated carbocycles. The summed E-state index contributed by atoms with van der Waals surface area (Å²) >= 11 is 1.78. The number of nitrogens with zero attached hydrogens (tertiary/aromatic N) is 2. The van der Waals surface area contributed by atoms with Gasteiger partial charge in [0.15, 0.2) is 0 Å². The van der Waals surface area contributed by atoms with E-state index in [1.807, 2.05) is 7.05 Å². The van der Waals surface area contributed by atoms with Gasteiger partial charge in [-0.15, -0.1) is 21.5 Å². The van der Waals surface area contributed by atoms with Gasteiger partial charge in [0.1, 0.15) is 10.0 Å². The summed E-state index contributed by atoms with van der Waals surface area (Å²) < 4.78 is 0. The molecule has 0 amide bonds. The Labute approximate surface area is 82.6 Å². The van der Waals surface area contributed by atoms with Gasteiger partial charge in [-0.3, -0.25) is 0 Å². The molecule has 1 fully saturated rings. The van der Waals surface area contributed by atoms with E-state index in [2.05, 4.69) is 15.5 Å². The molecular formula is C9H15N3S. The lowest BCUT2D eigenvalue weighted by molar-refractivity contribution is 0.770. The van der Waals surface area contributed by atoms with Crippen LogP contribution in [0.25, 0.3) is 0 Å². The summed E-state index contributed by atoms with van der Waals surface area (Å²) in [5, 5.41) is 13.9. The Bertz CT molecular complexity index is 268. The summed E-state index contributed by atoms with van der Waals surface area (Å²) in [7, 11) is 1.96. The van der Waals surface area contributed by atoms with Crippen molar-refractivity contribution in [2.75, 3.05) is 13.6 Å². The average molecular weight is 197 g/mol. The van der Waals surface area contributed by atoms with E-state index in [0.717, 1.165) is 25.3 Å². The van der Waals surface area contributed by atoms with Gasteiger partial charge in [0.2, 0.25) is 0 Å². The van der Waals surface area contributed by atoms with E-state index in [1.165, 1.54) is 22.9 Å². The van der Waals surface area contributed by atoms with Crippen molar-refractivity contribution < 1.29 is 0 Å². The Morgan fingerprint density at radius 1 is 1.38 bits per heavy atom. The van der Waals surface area contributed by atoms with Crippen LogP contribution < -0.4 is 5.32 Å². The lowest BCUT2D eigenvalue weighted by Crippen LogP contribution is -2.09. The normalized spacial score (nSPS) is 16.4. The first-order valence-corrected chi connectivity index (χ1v) is 5.66. The van der Waals surface area contributed by atoms with Crippen LogP contribution in [0.2, 0.25) is 0 Å². The Kier molecular flexibility index (Phi) is 2.90. The van der Waals surface area contributed by atoms with Gasteiger partial charge in [-0.05, 0) is 25.8 Å². The van der Waals surface area contributed by atoms with Gasteiger partial charge < -0.3 is 5.32 Å². The second-order valence-corrected chi connectivity index (χ2v) is 4.74. The highest BCUT2D eigenvalue weighted by molar-refractivity contribution is 7.11. The van der Waals surface area contributed by atoms with E-state index in [0.29, 0.717) is 0 Å². The first-order valence-electron chi connectivity index (χ1n) is 4.84. The van der Waals surface area contributed by atoms with Gasteiger partial charge in [-0.1, -0.05) is 0 Å². The SMILES string of the molecule is CNCCc1nnc(CC2CC2)s1. The summed E-state index contributed by atoms with van der Waals surface area (Å²) in [6.07, 6.45) is 4.97. The highest BCUT2D eigenvalue weighted by atomic mass is 32.1. The molecule has 0 bridgehead atoms. The minimum Gasteiger partial charge on any atom is -0.319 e. The van der Waals surface area contributed by atoms with E-state index in [9.17, 15) is 0 Å². The quantitative estimate of drug-likeness (QED) is 0.772. The third-order valence-electron chi connectivity index (χ3n) is 2.26. The number of rotatable bonds is 5. The standard InChI is InChI=1S/C9H15N3S/c1-10-5-4-8-11-12-9(13-8)6-7-2-3-7/h7,10H,2-6H2,1H3. The number of nitrogens with one attached hydrogen (secondary N) is 1. The van der Waals surface area contributed by atoms with Crippen LogP contribution >= 0.6 is 11.3 Å². The van der Waals surface area contributed by atoms with Gasteiger partial charge in [0.25, 0.3) is 0 Å². The van der Waals surface area contributed by atoms with E-state index in [4.69, 9.17) is 0 Å². The number of likely N-dealkylation sites (N-methyl/N-ethyl adjacent to an activating group) is 1. The topological polar surface area (TPSA) is 37.8 Å². The van der Waals surface area contributed by atoms with Gasteiger partial charge in [-0.25, -0.2) is 0 Å². The molecule has 1 aromatic rings. The molecule has 1 aliphatic carbocycles. The van der Waals surface area contributed by atoms with Gasteiger partial charge in [0, 0.05) is 19.4 Å². The first kappa shape index (κ1) is 9.09. The predicted octanol–water partition coefficient (Wildman–Crippen LogP) is 1.25. The first-order chi connectivity index (χ1) is 6.38. The molecule has 2 rings (SSSR count). The molecule has 1 aromatic heterocycles. The molecule has 72 valence electrons. The Morgan fingerprint density at radius 3 is 2.85 bits per heavy atom. The monoisotopic (exact) mass is 197 g/mol. The third kappa shape index (κ3) is 2.74. The van der Waals surface area contributed by atoms with E-state index < -0.39 is 0 Å². The molecule has 0 radical (unpaired) electrons. The van der Waals surface area contributed by atoms with Crippen molar-refractivity contribution in [3.05, 3.63) is 10.0 Å². The van der Waals surface area contributed by atoms with Crippen molar-refractivity contribution in [1.82, 2.24) is 15.5 Å². The molecule has 0 saturated heterocycles. The van der Waals surface area contributed by atoms with Crippen molar-refractivity contribution in [2.45, 2.75) is 25.7 Å². The minimum absolute atomic E-state index is 0.921. The van der Waals surface area contributed by atoms with E-state index in [1.54, 1.807) is 11.3 Å². The van der Waals surface area contributed by atoms with Crippen LogP contribution in [0.15, 0.2) is 0 Å². The molecule has 0 unspecified atom stereocenters. The summed E-state index contributed by atoms with van der Waals surface area (Å²) in [4.78, 5) is 0. The van der Waals surface area contributed by atoms with Crippen LogP contribution in [0.1, 0.15) is 22.9 Å². The van der Waals surface area contributed by atoms with Gasteiger partial charge in [-0.2, -0.15) is 0 Å². The Balaban J connectivity index is 1.84. The summed E-state index contributed by atoms with van der Waals surface area (Å²) in [5.41, 5.74) is 0. The van der Waals surface area contributed by atoms with Crippen molar-refractivity contribution >= 4 is 11.3 Å². The van der Waals surface area contributed by atoms with Crippen molar-refractivity contribution in [2.24, 2.45) is 5.92 Å². The van der Waals surface area contributed by atoms with E-state index in [-0.39, 0.29) is 0 Å². The fourth-order valence-corrected chi connectivity index (χ4v) is 2.23. The zero-order valence-electron chi connectivity index (χ0n) is 7.92. The molecule has 1 aliphatic rings. The average Bonchev–Trinajstić information content (AvgIpc) is 2.81. The smallest absolute Gasteiger partial charge is 0.118 e. The largest absolute Gasteiger partial charge is 0.319 e. The van der Waals surface area contributed by atoms with Crippen LogP contribution in [0.3, 0.4) is 0 Å². The molecule has 13 heavy (non-hydrogen) atoms. The number of hydrogen-bond acceptors (Lipinski definition) is 4. The van der Waals surface area contributed by atoms with Crippen molar-refractivity contribution in [3.63, 3.8) is 0 Å². The summed E-state index contributed by atoms with van der Waals surface area (Å²) in [6, 6.07) is 0. The van der Waals surface area contributed by atoms with Crippen LogP contribution in [-0.4, -0.2) is 23.8 Å². The summed E-state index contributed by atoms with van der Waals surface area (Å²) in [5.74, 6) is 0.921. The predicted molar refractivity (Wildman–Crippen MR) is 54.0 cm³/mol. The molecule has 1 N–H and O–H groups in total. The van der Waals surface area contributed by atoms with Crippen molar-refractivity contribution in [3.8, 4) is 0 Å². The van der Waals surface area contributed by atoms with Crippen molar-refractivity contribution in [1.29, 1.82) is 0 Å². The molecule has 3 nitrogen and oxygen atoms in total. The van der Waals surface area contributed by atoms with Crippen LogP contribution in [-0.2, 0) is 12.8 Å². The number of aromatic nitrogens is 2. The van der Waals surface area contributed by atoms with Gasteiger partial charge in [0.05, 0.1) is 0 Å². The second kappa shape index (κ2) is 4.15. The molecular weight excluding hydrogens is 182 g/mol. The van der Waals surface area contributed by atoms with Crippen LogP contribution in [0, 0.1) is 5.92 Å². The zero-order chi connectivity index (χ0) is 9.10. The Hall–Kier alpha value is -0.480. The fourth-order valence-electron chi connectivity index (χ4n) is 1.27. The zero-order valence-corrected chi connectivity index (χ0v) is 8.73. The Morgan fingerprint density at radius 2 is 2.15 bits per heavy atom. The maximum atomic E-state index is 4.19. The highest BCUT2D eigenvalue weighted by Crippen LogP contribution is 2.33. The molecule has 0 spiro atoms. The molecule has 0 aliphatic heterocycles. The third-order valence-corrected chi connectivity index (χ3v) is 3.26. The number of hydrogen-bond donors (Lipinski definition) is 1. The lowest BCUT2D eigenvalue weighted by atomic mass is 10.3. The maximum absolute atomic E-state index is 4.19. The van der Waals surface area contributed by atoms with Gasteiger partial charge >= 0.3 is 0 Å². The van der Waals surface area contributed by atoms with Crippen LogP contribution in [0.5, 0.6) is 0 Å². The fraction of sp³-hybridized carbons (Fsp3) is 0.778. The van der Waals surface area contributed by atoms with E-state index >= 15 is 0 Å². The second-order valence-electron chi connectivity index (χ2n) is 3.59. The maximum Gasteiger partial charge on any atom is 0.118 e. The summed E-state index contributed by atoms with van der Waals surface area (Å²) in [6.45, 7) is 0.998. The highest BCUT2D eigenvalue weighted by Gasteiger charge is 2.23. The molecule has 0 atom stereocenters. The molecule has 0 aromatic carbocycles. The van der Waals surface area contributed by atoms with Crippen LogP contribution in [0.4, 0.5) is 0 Å². The lowest BCUT2D eigenvalue weighted by Gasteiger charge is -1.91.